The summed E-state index contributed by atoms with van der Waals surface area (Å²) in [5.74, 6) is -0.590. The molecule has 0 aromatic heterocycles. The molecule has 0 spiro atoms. The number of amides is 1. The van der Waals surface area contributed by atoms with Crippen LogP contribution < -0.4 is 5.19 Å². The molecule has 0 saturated carbocycles. The van der Waals surface area contributed by atoms with Crippen molar-refractivity contribution >= 4 is 19.7 Å². The van der Waals surface area contributed by atoms with E-state index in [-0.39, 0.29) is 0 Å². The lowest BCUT2D eigenvalue weighted by molar-refractivity contribution is 0.100. The minimum Gasteiger partial charge on any atom is -0.391 e. The average Bonchev–Trinajstić information content (AvgIpc) is 2.56. The molecule has 1 amide bonds. The SMILES string of the molecule is CCCCO[Si](C)(OCCCC)c1cccc(C(=O)N=[N+]=[N-])c1. The predicted molar refractivity (Wildman–Crippen MR) is 92.9 cm³/mol. The molecular weight excluding hydrogens is 310 g/mol. The summed E-state index contributed by atoms with van der Waals surface area (Å²) < 4.78 is 12.2. The second-order valence-corrected chi connectivity index (χ2v) is 8.47. The number of carbonyl (C=O) groups is 1. The number of azide groups is 1. The minimum absolute atomic E-state index is 0.359. The van der Waals surface area contributed by atoms with E-state index in [1.165, 1.54) is 0 Å². The van der Waals surface area contributed by atoms with E-state index in [1.54, 1.807) is 18.2 Å². The van der Waals surface area contributed by atoms with Crippen LogP contribution in [0.2, 0.25) is 6.55 Å². The van der Waals surface area contributed by atoms with Gasteiger partial charge in [0.15, 0.2) is 0 Å². The van der Waals surface area contributed by atoms with E-state index in [0.717, 1.165) is 30.9 Å². The smallest absolute Gasteiger partial charge is 0.369 e. The van der Waals surface area contributed by atoms with Crippen molar-refractivity contribution < 1.29 is 13.6 Å². The number of carbonyl (C=O) groups excluding carboxylic acids is 1. The molecule has 0 aliphatic carbocycles. The molecular formula is C16H25N3O3Si. The molecule has 1 aromatic rings. The van der Waals surface area contributed by atoms with Crippen LogP contribution in [0.15, 0.2) is 29.4 Å². The van der Waals surface area contributed by atoms with Crippen LogP contribution >= 0.6 is 0 Å². The third kappa shape index (κ3) is 6.15. The molecule has 0 fully saturated rings. The highest BCUT2D eigenvalue weighted by molar-refractivity contribution is 6.80. The zero-order valence-electron chi connectivity index (χ0n) is 14.1. The Balaban J connectivity index is 3.01. The van der Waals surface area contributed by atoms with Crippen molar-refractivity contribution in [1.82, 2.24) is 0 Å². The van der Waals surface area contributed by atoms with Crippen LogP contribution in [0, 0.1) is 0 Å². The van der Waals surface area contributed by atoms with Gasteiger partial charge in [0.05, 0.1) is 0 Å². The van der Waals surface area contributed by atoms with Crippen LogP contribution in [0.5, 0.6) is 0 Å². The largest absolute Gasteiger partial charge is 0.391 e. The van der Waals surface area contributed by atoms with E-state index < -0.39 is 14.5 Å². The molecule has 0 heterocycles. The summed E-state index contributed by atoms with van der Waals surface area (Å²) in [5.41, 5.74) is 8.77. The fourth-order valence-corrected chi connectivity index (χ4v) is 4.36. The summed E-state index contributed by atoms with van der Waals surface area (Å²) in [5, 5.41) is 4.02. The molecule has 0 aliphatic heterocycles. The lowest BCUT2D eigenvalue weighted by atomic mass is 10.2. The second-order valence-electron chi connectivity index (χ2n) is 5.43. The second kappa shape index (κ2) is 10.2. The lowest BCUT2D eigenvalue weighted by Crippen LogP contribution is -2.51. The molecule has 0 unspecified atom stereocenters. The van der Waals surface area contributed by atoms with Crippen molar-refractivity contribution in [3.63, 3.8) is 0 Å². The maximum absolute atomic E-state index is 11.8. The maximum atomic E-state index is 11.8. The Morgan fingerprint density at radius 3 is 2.35 bits per heavy atom. The minimum atomic E-state index is -2.59. The molecule has 23 heavy (non-hydrogen) atoms. The molecule has 126 valence electrons. The Morgan fingerprint density at radius 2 is 1.83 bits per heavy atom. The van der Waals surface area contributed by atoms with Crippen LogP contribution in [-0.2, 0) is 8.85 Å². The molecule has 0 aliphatic rings. The standard InChI is InChI=1S/C16H25N3O3Si/c1-4-6-11-21-23(3,22-12-7-5-2)15-10-8-9-14(13-15)16(20)18-19-17/h8-10,13H,4-7,11-12H2,1-3H3. The van der Waals surface area contributed by atoms with Gasteiger partial charge in [-0.3, -0.25) is 4.79 Å². The van der Waals surface area contributed by atoms with Gasteiger partial charge < -0.3 is 8.85 Å². The molecule has 7 heteroatoms. The van der Waals surface area contributed by atoms with Crippen LogP contribution in [0.25, 0.3) is 10.4 Å². The van der Waals surface area contributed by atoms with Gasteiger partial charge in [-0.05, 0) is 41.3 Å². The van der Waals surface area contributed by atoms with Gasteiger partial charge in [-0.15, -0.1) is 0 Å². The first-order valence-electron chi connectivity index (χ1n) is 8.05. The van der Waals surface area contributed by atoms with Crippen LogP contribution in [0.4, 0.5) is 0 Å². The van der Waals surface area contributed by atoms with Gasteiger partial charge in [0.1, 0.15) is 0 Å². The van der Waals surface area contributed by atoms with E-state index in [0.29, 0.717) is 18.8 Å². The Kier molecular flexibility index (Phi) is 8.58. The van der Waals surface area contributed by atoms with Gasteiger partial charge in [-0.2, -0.15) is 0 Å². The Morgan fingerprint density at radius 1 is 1.22 bits per heavy atom. The first-order valence-corrected chi connectivity index (χ1v) is 10.4. The quantitative estimate of drug-likeness (QED) is 0.212. The van der Waals surface area contributed by atoms with Crippen molar-refractivity contribution in [3.05, 3.63) is 40.3 Å². The van der Waals surface area contributed by atoms with Crippen LogP contribution in [0.1, 0.15) is 49.9 Å². The predicted octanol–water partition coefficient (Wildman–Crippen LogP) is 4.05. The van der Waals surface area contributed by atoms with Crippen molar-refractivity contribution in [2.75, 3.05) is 13.2 Å². The normalized spacial score (nSPS) is 11.1. The number of nitrogens with zero attached hydrogens (tertiary/aromatic N) is 3. The molecule has 1 aromatic carbocycles. The van der Waals surface area contributed by atoms with Gasteiger partial charge in [-0.1, -0.05) is 44.9 Å². The van der Waals surface area contributed by atoms with Gasteiger partial charge in [0.25, 0.3) is 0 Å². The number of hydrogen-bond acceptors (Lipinski definition) is 3. The fourth-order valence-electron chi connectivity index (χ4n) is 2.06. The van der Waals surface area contributed by atoms with Gasteiger partial charge in [0.2, 0.25) is 5.91 Å². The molecule has 0 radical (unpaired) electrons. The topological polar surface area (TPSA) is 84.3 Å². The third-order valence-corrected chi connectivity index (χ3v) is 6.39. The monoisotopic (exact) mass is 335 g/mol. The van der Waals surface area contributed by atoms with Crippen molar-refractivity contribution in [2.24, 2.45) is 5.11 Å². The number of benzene rings is 1. The molecule has 1 rings (SSSR count). The number of unbranched alkanes of at least 4 members (excludes halogenated alkanes) is 2. The highest BCUT2D eigenvalue weighted by Gasteiger charge is 2.34. The highest BCUT2D eigenvalue weighted by atomic mass is 28.4. The summed E-state index contributed by atoms with van der Waals surface area (Å²) in [4.78, 5) is 14.3. The van der Waals surface area contributed by atoms with E-state index in [2.05, 4.69) is 23.9 Å². The van der Waals surface area contributed by atoms with Gasteiger partial charge >= 0.3 is 8.56 Å². The molecule has 0 bridgehead atoms. The van der Waals surface area contributed by atoms with Gasteiger partial charge in [0, 0.05) is 23.7 Å². The summed E-state index contributed by atoms with van der Waals surface area (Å²) in [6, 6.07) is 7.04. The summed E-state index contributed by atoms with van der Waals surface area (Å²) in [7, 11) is -2.59. The van der Waals surface area contributed by atoms with E-state index in [9.17, 15) is 4.79 Å². The maximum Gasteiger partial charge on any atom is 0.369 e. The molecule has 0 saturated heterocycles. The first-order chi connectivity index (χ1) is 11.1. The van der Waals surface area contributed by atoms with Crippen LogP contribution in [-0.4, -0.2) is 27.7 Å². The number of hydrogen-bond donors (Lipinski definition) is 0. The van der Waals surface area contributed by atoms with Crippen molar-refractivity contribution in [1.29, 1.82) is 0 Å². The summed E-state index contributed by atoms with van der Waals surface area (Å²) >= 11 is 0. The Bertz CT molecular complexity index is 549. The molecule has 0 N–H and O–H groups in total. The fraction of sp³-hybridized carbons (Fsp3) is 0.562. The van der Waals surface area contributed by atoms with Crippen molar-refractivity contribution in [3.8, 4) is 0 Å². The summed E-state index contributed by atoms with van der Waals surface area (Å²) in [6.07, 6.45) is 4.04. The zero-order chi connectivity index (χ0) is 17.1. The molecule has 6 nitrogen and oxygen atoms in total. The lowest BCUT2D eigenvalue weighted by Gasteiger charge is -2.27. The zero-order valence-corrected chi connectivity index (χ0v) is 15.1. The van der Waals surface area contributed by atoms with E-state index in [4.69, 9.17) is 14.4 Å². The third-order valence-electron chi connectivity index (χ3n) is 3.52. The van der Waals surface area contributed by atoms with Crippen molar-refractivity contribution in [2.45, 2.75) is 46.1 Å². The van der Waals surface area contributed by atoms with E-state index in [1.807, 2.05) is 12.6 Å². The van der Waals surface area contributed by atoms with E-state index >= 15 is 0 Å². The summed E-state index contributed by atoms with van der Waals surface area (Å²) in [6.45, 7) is 7.49. The first kappa shape index (κ1) is 19.4. The molecule has 0 atom stereocenters. The van der Waals surface area contributed by atoms with Gasteiger partial charge in [-0.25, -0.2) is 0 Å². The number of rotatable bonds is 10. The average molecular weight is 335 g/mol. The van der Waals surface area contributed by atoms with Crippen LogP contribution in [0.3, 0.4) is 0 Å². The Hall–Kier alpha value is -1.66. The Labute approximate surface area is 138 Å². The highest BCUT2D eigenvalue weighted by Crippen LogP contribution is 2.12.